The number of hydrogen-bond donors (Lipinski definition) is 0. The molecule has 0 spiro atoms. The van der Waals surface area contributed by atoms with Gasteiger partial charge in [-0.3, -0.25) is 0 Å². The van der Waals surface area contributed by atoms with Crippen LogP contribution in [0.15, 0.2) is 33.9 Å². The van der Waals surface area contributed by atoms with Gasteiger partial charge < -0.3 is 19.3 Å². The smallest absolute Gasteiger partial charge is 0.231 e. The molecule has 0 aliphatic carbocycles. The molecule has 4 rings (SSSR count). The maximum Gasteiger partial charge on any atom is 0.231 e. The zero-order valence-corrected chi connectivity index (χ0v) is 17.4. The Bertz CT molecular complexity index is 716. The van der Waals surface area contributed by atoms with Crippen molar-refractivity contribution in [3.05, 3.63) is 34.3 Å². The van der Waals surface area contributed by atoms with Crippen molar-refractivity contribution >= 4 is 39.6 Å². The third-order valence-corrected chi connectivity index (χ3v) is 5.91. The minimum atomic E-state index is 0.708. The molecule has 3 heterocycles. The van der Waals surface area contributed by atoms with Crippen LogP contribution in [0.5, 0.6) is 0 Å². The largest absolute Gasteiger partial charge is 0.378 e. The van der Waals surface area contributed by atoms with Crippen molar-refractivity contribution in [2.45, 2.75) is 10.9 Å². The lowest BCUT2D eigenvalue weighted by atomic mass is 10.2. The van der Waals surface area contributed by atoms with Crippen molar-refractivity contribution < 1.29 is 9.47 Å². The lowest BCUT2D eigenvalue weighted by molar-refractivity contribution is 0.121. The zero-order valence-electron chi connectivity index (χ0n) is 15.0. The highest BCUT2D eigenvalue weighted by molar-refractivity contribution is 9.10. The fourth-order valence-electron chi connectivity index (χ4n) is 2.94. The molecular weight excluding hydrogens is 430 g/mol. The van der Waals surface area contributed by atoms with Crippen molar-refractivity contribution in [2.24, 2.45) is 0 Å². The molecule has 0 unspecified atom stereocenters. The van der Waals surface area contributed by atoms with Crippen molar-refractivity contribution in [1.82, 2.24) is 15.0 Å². The number of nitrogens with zero attached hydrogens (tertiary/aromatic N) is 5. The van der Waals surface area contributed by atoms with E-state index >= 15 is 0 Å². The summed E-state index contributed by atoms with van der Waals surface area (Å²) in [7, 11) is 0. The van der Waals surface area contributed by atoms with Gasteiger partial charge in [0.25, 0.3) is 0 Å². The molecule has 0 saturated carbocycles. The highest BCUT2D eigenvalue weighted by Crippen LogP contribution is 2.25. The Kier molecular flexibility index (Phi) is 6.43. The quantitative estimate of drug-likeness (QED) is 0.642. The van der Waals surface area contributed by atoms with Gasteiger partial charge in [-0.15, -0.1) is 0 Å². The van der Waals surface area contributed by atoms with Gasteiger partial charge in [-0.05, 0) is 17.7 Å². The van der Waals surface area contributed by atoms with Crippen LogP contribution in [0.2, 0.25) is 0 Å². The highest BCUT2D eigenvalue weighted by Gasteiger charge is 2.20. The monoisotopic (exact) mass is 451 g/mol. The summed E-state index contributed by atoms with van der Waals surface area (Å²) in [6, 6.07) is 8.34. The van der Waals surface area contributed by atoms with Crippen molar-refractivity contribution in [1.29, 1.82) is 0 Å². The second kappa shape index (κ2) is 9.18. The lowest BCUT2D eigenvalue weighted by Gasteiger charge is -2.30. The maximum absolute atomic E-state index is 5.46. The molecule has 0 bridgehead atoms. The molecule has 2 aromatic rings. The van der Waals surface area contributed by atoms with Crippen LogP contribution in [-0.4, -0.2) is 67.6 Å². The first kappa shape index (κ1) is 18.9. The average molecular weight is 452 g/mol. The molecule has 1 aromatic heterocycles. The third-order valence-electron chi connectivity index (χ3n) is 4.46. The Morgan fingerprint density at radius 3 is 1.85 bits per heavy atom. The van der Waals surface area contributed by atoms with Gasteiger partial charge in [0.1, 0.15) is 0 Å². The molecular formula is C18H22BrN5O2S. The lowest BCUT2D eigenvalue weighted by Crippen LogP contribution is -2.40. The Morgan fingerprint density at radius 2 is 1.33 bits per heavy atom. The minimum Gasteiger partial charge on any atom is -0.378 e. The van der Waals surface area contributed by atoms with E-state index in [2.05, 4.69) is 50.0 Å². The van der Waals surface area contributed by atoms with Gasteiger partial charge in [-0.1, -0.05) is 39.8 Å². The predicted molar refractivity (Wildman–Crippen MR) is 110 cm³/mol. The summed E-state index contributed by atoms with van der Waals surface area (Å²) >= 11 is 5.12. The van der Waals surface area contributed by atoms with Crippen LogP contribution in [0.1, 0.15) is 5.56 Å². The molecule has 7 nitrogen and oxygen atoms in total. The third kappa shape index (κ3) is 5.10. The van der Waals surface area contributed by atoms with Crippen molar-refractivity contribution in [2.75, 3.05) is 62.4 Å². The standard InChI is InChI=1S/C18H22BrN5O2S/c19-15-3-1-14(2-4-15)13-27-18-21-16(23-5-9-25-10-6-23)20-17(22-18)24-7-11-26-12-8-24/h1-4H,5-13H2. The summed E-state index contributed by atoms with van der Waals surface area (Å²) in [5.74, 6) is 2.31. The van der Waals surface area contributed by atoms with Crippen LogP contribution >= 0.6 is 27.7 Å². The Hall–Kier alpha value is -1.42. The van der Waals surface area contributed by atoms with Crippen LogP contribution in [0.25, 0.3) is 0 Å². The molecule has 1 aromatic carbocycles. The fourth-order valence-corrected chi connectivity index (χ4v) is 3.98. The maximum atomic E-state index is 5.46. The van der Waals surface area contributed by atoms with E-state index in [1.165, 1.54) is 5.56 Å². The molecule has 2 aliphatic heterocycles. The van der Waals surface area contributed by atoms with Crippen LogP contribution < -0.4 is 9.80 Å². The van der Waals surface area contributed by atoms with Gasteiger partial charge in [-0.2, -0.15) is 15.0 Å². The fraction of sp³-hybridized carbons (Fsp3) is 0.500. The second-order valence-corrected chi connectivity index (χ2v) is 8.19. The minimum absolute atomic E-state index is 0.708. The first-order valence-corrected chi connectivity index (χ1v) is 10.8. The van der Waals surface area contributed by atoms with E-state index in [4.69, 9.17) is 24.4 Å². The van der Waals surface area contributed by atoms with E-state index in [-0.39, 0.29) is 0 Å². The number of thioether (sulfide) groups is 1. The molecule has 2 fully saturated rings. The molecule has 9 heteroatoms. The summed E-state index contributed by atoms with van der Waals surface area (Å²) in [6.07, 6.45) is 0. The number of anilines is 2. The topological polar surface area (TPSA) is 63.6 Å². The van der Waals surface area contributed by atoms with Crippen molar-refractivity contribution in [3.63, 3.8) is 0 Å². The summed E-state index contributed by atoms with van der Waals surface area (Å²) in [5, 5.41) is 0.760. The molecule has 144 valence electrons. The SMILES string of the molecule is Brc1ccc(CSc2nc(N3CCOCC3)nc(N3CCOCC3)n2)cc1. The average Bonchev–Trinajstić information content (AvgIpc) is 2.74. The van der Waals surface area contributed by atoms with Gasteiger partial charge in [0.2, 0.25) is 11.9 Å². The van der Waals surface area contributed by atoms with Gasteiger partial charge in [0.05, 0.1) is 26.4 Å². The number of benzene rings is 1. The van der Waals surface area contributed by atoms with Crippen LogP contribution in [0.4, 0.5) is 11.9 Å². The number of ether oxygens (including phenoxy) is 2. The Balaban J connectivity index is 1.55. The molecule has 0 N–H and O–H groups in total. The molecule has 2 aliphatic rings. The van der Waals surface area contributed by atoms with Gasteiger partial charge in [0, 0.05) is 36.4 Å². The van der Waals surface area contributed by atoms with Crippen LogP contribution in [0.3, 0.4) is 0 Å². The Labute approximate surface area is 171 Å². The van der Waals surface area contributed by atoms with E-state index in [1.807, 2.05) is 0 Å². The number of halogens is 1. The second-order valence-electron chi connectivity index (χ2n) is 6.33. The van der Waals surface area contributed by atoms with E-state index in [0.717, 1.165) is 53.5 Å². The zero-order chi connectivity index (χ0) is 18.5. The van der Waals surface area contributed by atoms with Gasteiger partial charge in [-0.25, -0.2) is 0 Å². The predicted octanol–water partition coefficient (Wildman–Crippen LogP) is 2.60. The number of morpholine rings is 2. The van der Waals surface area contributed by atoms with E-state index in [1.54, 1.807) is 11.8 Å². The van der Waals surface area contributed by atoms with Gasteiger partial charge in [0.15, 0.2) is 5.16 Å². The summed E-state index contributed by atoms with van der Waals surface area (Å²) < 4.78 is 12.0. The molecule has 0 atom stereocenters. The first-order valence-electron chi connectivity index (χ1n) is 9.07. The number of rotatable bonds is 5. The number of hydrogen-bond acceptors (Lipinski definition) is 8. The first-order chi connectivity index (χ1) is 13.3. The molecule has 0 radical (unpaired) electrons. The summed E-state index contributed by atoms with van der Waals surface area (Å²) in [4.78, 5) is 18.6. The normalized spacial score (nSPS) is 18.0. The van der Waals surface area contributed by atoms with Crippen molar-refractivity contribution in [3.8, 4) is 0 Å². The molecule has 0 amide bonds. The molecule has 2 saturated heterocycles. The van der Waals surface area contributed by atoms with E-state index in [9.17, 15) is 0 Å². The van der Waals surface area contributed by atoms with Gasteiger partial charge >= 0.3 is 0 Å². The number of aromatic nitrogens is 3. The Morgan fingerprint density at radius 1 is 0.815 bits per heavy atom. The van der Waals surface area contributed by atoms with Crippen LogP contribution in [-0.2, 0) is 15.2 Å². The summed E-state index contributed by atoms with van der Waals surface area (Å²) in [5.41, 5.74) is 1.24. The van der Waals surface area contributed by atoms with E-state index < -0.39 is 0 Å². The highest BCUT2D eigenvalue weighted by atomic mass is 79.9. The van der Waals surface area contributed by atoms with Crippen LogP contribution in [0, 0.1) is 0 Å². The van der Waals surface area contributed by atoms with E-state index in [0.29, 0.717) is 26.4 Å². The summed E-state index contributed by atoms with van der Waals surface area (Å²) in [6.45, 7) is 6.07. The molecule has 27 heavy (non-hydrogen) atoms.